The summed E-state index contributed by atoms with van der Waals surface area (Å²) in [4.78, 5) is 22.0. The molecule has 0 aromatic heterocycles. The average Bonchev–Trinajstić information content (AvgIpc) is 2.48. The second-order valence-electron chi connectivity index (χ2n) is 5.37. The number of aliphatic hydroxyl groups is 1. The van der Waals surface area contributed by atoms with Crippen molar-refractivity contribution in [2.24, 2.45) is 5.92 Å². The van der Waals surface area contributed by atoms with Gasteiger partial charge in [0.05, 0.1) is 23.0 Å². The van der Waals surface area contributed by atoms with E-state index in [1.54, 1.807) is 19.1 Å². The van der Waals surface area contributed by atoms with Crippen molar-refractivity contribution < 1.29 is 19.6 Å². The maximum atomic E-state index is 11.7. The van der Waals surface area contributed by atoms with Crippen LogP contribution in [0.3, 0.4) is 0 Å². The number of nitro benzene ring substituents is 1. The lowest BCUT2D eigenvalue weighted by Gasteiger charge is -2.35. The molecule has 0 bridgehead atoms. The molecule has 0 unspecified atom stereocenters. The van der Waals surface area contributed by atoms with Crippen molar-refractivity contribution in [3.05, 3.63) is 39.9 Å². The molecule has 21 heavy (non-hydrogen) atoms. The molecule has 1 N–H and O–H groups in total. The number of rotatable bonds is 4. The van der Waals surface area contributed by atoms with Crippen LogP contribution in [-0.4, -0.2) is 22.6 Å². The molecule has 0 saturated heterocycles. The minimum absolute atomic E-state index is 0.0339. The standard InChI is InChI=1S/C15H19NO5/c1-2-21-14(17)11-6-8-15(18,9-7-11)12-4-3-5-13(10-12)16(19)20/h3-5,10-11,18H,2,6-9H2,1H3. The van der Waals surface area contributed by atoms with E-state index in [1.807, 2.05) is 0 Å². The number of nitro groups is 1. The summed E-state index contributed by atoms with van der Waals surface area (Å²) in [7, 11) is 0. The van der Waals surface area contributed by atoms with E-state index in [1.165, 1.54) is 12.1 Å². The molecular weight excluding hydrogens is 274 g/mol. The molecule has 1 aliphatic carbocycles. The first kappa shape index (κ1) is 15.4. The average molecular weight is 293 g/mol. The zero-order valence-corrected chi connectivity index (χ0v) is 11.9. The molecule has 0 spiro atoms. The molecule has 1 aromatic carbocycles. The van der Waals surface area contributed by atoms with E-state index in [0.717, 1.165) is 0 Å². The Morgan fingerprint density at radius 3 is 2.71 bits per heavy atom. The maximum absolute atomic E-state index is 11.7. The predicted octanol–water partition coefficient (Wildman–Crippen LogP) is 2.54. The molecular formula is C15H19NO5. The Morgan fingerprint density at radius 1 is 1.48 bits per heavy atom. The van der Waals surface area contributed by atoms with Gasteiger partial charge in [-0.1, -0.05) is 12.1 Å². The third-order valence-corrected chi connectivity index (χ3v) is 4.03. The lowest BCUT2D eigenvalue weighted by molar-refractivity contribution is -0.385. The van der Waals surface area contributed by atoms with Crippen LogP contribution >= 0.6 is 0 Å². The smallest absolute Gasteiger partial charge is 0.308 e. The van der Waals surface area contributed by atoms with Gasteiger partial charge in [0.15, 0.2) is 0 Å². The second kappa shape index (κ2) is 6.22. The number of nitrogens with zero attached hydrogens (tertiary/aromatic N) is 1. The summed E-state index contributed by atoms with van der Waals surface area (Å²) in [5.41, 5.74) is -0.595. The Bertz CT molecular complexity index is 535. The molecule has 1 aromatic rings. The third kappa shape index (κ3) is 3.39. The van der Waals surface area contributed by atoms with Crippen molar-refractivity contribution in [1.82, 2.24) is 0 Å². The molecule has 0 amide bonds. The number of carbonyl (C=O) groups is 1. The van der Waals surface area contributed by atoms with Crippen LogP contribution in [-0.2, 0) is 15.1 Å². The van der Waals surface area contributed by atoms with E-state index in [4.69, 9.17) is 4.74 Å². The van der Waals surface area contributed by atoms with Crippen LogP contribution < -0.4 is 0 Å². The zero-order chi connectivity index (χ0) is 15.5. The SMILES string of the molecule is CCOC(=O)C1CCC(O)(c2cccc([N+](=O)[O-])c2)CC1. The van der Waals surface area contributed by atoms with Crippen molar-refractivity contribution >= 4 is 11.7 Å². The molecule has 0 radical (unpaired) electrons. The highest BCUT2D eigenvalue weighted by Gasteiger charge is 2.38. The molecule has 114 valence electrons. The summed E-state index contributed by atoms with van der Waals surface area (Å²) < 4.78 is 5.00. The fraction of sp³-hybridized carbons (Fsp3) is 0.533. The van der Waals surface area contributed by atoms with Gasteiger partial charge < -0.3 is 9.84 Å². The van der Waals surface area contributed by atoms with Crippen molar-refractivity contribution in [1.29, 1.82) is 0 Å². The summed E-state index contributed by atoms with van der Waals surface area (Å²) in [6, 6.07) is 6.07. The van der Waals surface area contributed by atoms with Crippen LogP contribution in [0.25, 0.3) is 0 Å². The highest BCUT2D eigenvalue weighted by molar-refractivity contribution is 5.72. The topological polar surface area (TPSA) is 89.7 Å². The quantitative estimate of drug-likeness (QED) is 0.523. The van der Waals surface area contributed by atoms with Gasteiger partial charge in [0, 0.05) is 12.1 Å². The largest absolute Gasteiger partial charge is 0.466 e. The number of hydrogen-bond donors (Lipinski definition) is 1. The summed E-state index contributed by atoms with van der Waals surface area (Å²) in [6.45, 7) is 2.12. The lowest BCUT2D eigenvalue weighted by atomic mass is 9.75. The van der Waals surface area contributed by atoms with E-state index < -0.39 is 10.5 Å². The Kier molecular flexibility index (Phi) is 4.57. The van der Waals surface area contributed by atoms with Crippen LogP contribution in [0.4, 0.5) is 5.69 Å². The van der Waals surface area contributed by atoms with Crippen molar-refractivity contribution in [2.75, 3.05) is 6.61 Å². The molecule has 1 saturated carbocycles. The van der Waals surface area contributed by atoms with Crippen LogP contribution in [0, 0.1) is 16.0 Å². The number of esters is 1. The number of carbonyl (C=O) groups excluding carboxylic acids is 1. The summed E-state index contributed by atoms with van der Waals surface area (Å²) >= 11 is 0. The van der Waals surface area contributed by atoms with Gasteiger partial charge in [-0.05, 0) is 38.2 Å². The highest BCUT2D eigenvalue weighted by Crippen LogP contribution is 2.40. The minimum Gasteiger partial charge on any atom is -0.466 e. The molecule has 0 atom stereocenters. The summed E-state index contributed by atoms with van der Waals surface area (Å²) in [5.74, 6) is -0.414. The van der Waals surface area contributed by atoms with Gasteiger partial charge in [0.2, 0.25) is 0 Å². The number of hydrogen-bond acceptors (Lipinski definition) is 5. The Balaban J connectivity index is 2.10. The van der Waals surface area contributed by atoms with Crippen LogP contribution in [0.2, 0.25) is 0 Å². The highest BCUT2D eigenvalue weighted by atomic mass is 16.6. The van der Waals surface area contributed by atoms with Crippen LogP contribution in [0.1, 0.15) is 38.2 Å². The third-order valence-electron chi connectivity index (χ3n) is 4.03. The first-order chi connectivity index (χ1) is 9.96. The molecule has 0 heterocycles. The van der Waals surface area contributed by atoms with Gasteiger partial charge in [0.25, 0.3) is 5.69 Å². The van der Waals surface area contributed by atoms with Gasteiger partial charge in [0.1, 0.15) is 0 Å². The molecule has 6 nitrogen and oxygen atoms in total. The molecule has 2 rings (SSSR count). The van der Waals surface area contributed by atoms with E-state index in [-0.39, 0.29) is 17.6 Å². The Hall–Kier alpha value is -1.95. The normalized spacial score (nSPS) is 25.3. The van der Waals surface area contributed by atoms with Crippen molar-refractivity contribution in [3.63, 3.8) is 0 Å². The minimum atomic E-state index is -1.10. The lowest BCUT2D eigenvalue weighted by Crippen LogP contribution is -2.34. The van der Waals surface area contributed by atoms with E-state index in [9.17, 15) is 20.0 Å². The first-order valence-corrected chi connectivity index (χ1v) is 7.10. The van der Waals surface area contributed by atoms with Gasteiger partial charge in [-0.25, -0.2) is 0 Å². The summed E-state index contributed by atoms with van der Waals surface area (Å²) in [6.07, 6.45) is 1.85. The van der Waals surface area contributed by atoms with Crippen LogP contribution in [0.15, 0.2) is 24.3 Å². The first-order valence-electron chi connectivity index (χ1n) is 7.10. The fourth-order valence-electron chi connectivity index (χ4n) is 2.79. The molecule has 1 fully saturated rings. The van der Waals surface area contributed by atoms with E-state index in [2.05, 4.69) is 0 Å². The van der Waals surface area contributed by atoms with E-state index >= 15 is 0 Å². The molecule has 6 heteroatoms. The molecule has 1 aliphatic rings. The zero-order valence-electron chi connectivity index (χ0n) is 11.9. The predicted molar refractivity (Wildman–Crippen MR) is 75.6 cm³/mol. The number of non-ortho nitro benzene ring substituents is 1. The van der Waals surface area contributed by atoms with Gasteiger partial charge in [-0.15, -0.1) is 0 Å². The monoisotopic (exact) mass is 293 g/mol. The van der Waals surface area contributed by atoms with Gasteiger partial charge in [-0.2, -0.15) is 0 Å². The Morgan fingerprint density at radius 2 is 2.14 bits per heavy atom. The van der Waals surface area contributed by atoms with Gasteiger partial charge in [-0.3, -0.25) is 14.9 Å². The fourth-order valence-corrected chi connectivity index (χ4v) is 2.79. The summed E-state index contributed by atoms with van der Waals surface area (Å²) in [5, 5.41) is 21.5. The second-order valence-corrected chi connectivity index (χ2v) is 5.37. The van der Waals surface area contributed by atoms with Gasteiger partial charge >= 0.3 is 5.97 Å². The number of benzene rings is 1. The van der Waals surface area contributed by atoms with E-state index in [0.29, 0.717) is 37.9 Å². The van der Waals surface area contributed by atoms with Crippen molar-refractivity contribution in [3.8, 4) is 0 Å². The number of ether oxygens (including phenoxy) is 1. The molecule has 0 aliphatic heterocycles. The maximum Gasteiger partial charge on any atom is 0.308 e. The van der Waals surface area contributed by atoms with Crippen molar-refractivity contribution in [2.45, 2.75) is 38.2 Å². The van der Waals surface area contributed by atoms with Crippen LogP contribution in [0.5, 0.6) is 0 Å². The Labute approximate surface area is 122 Å².